The first-order valence-corrected chi connectivity index (χ1v) is 5.86. The zero-order valence-corrected chi connectivity index (χ0v) is 10.9. The van der Waals surface area contributed by atoms with Crippen LogP contribution in [0.2, 0.25) is 5.02 Å². The van der Waals surface area contributed by atoms with Gasteiger partial charge in [-0.15, -0.1) is 0 Å². The third-order valence-corrected chi connectivity index (χ3v) is 2.97. The molecule has 0 aliphatic heterocycles. The number of benzene rings is 1. The molecular weight excluding hydrogens is 222 g/mol. The van der Waals surface area contributed by atoms with Crippen molar-refractivity contribution in [1.29, 1.82) is 0 Å². The van der Waals surface area contributed by atoms with Gasteiger partial charge in [-0.25, -0.2) is 0 Å². The molecule has 1 rings (SSSR count). The van der Waals surface area contributed by atoms with Crippen molar-refractivity contribution in [3.05, 3.63) is 34.9 Å². The van der Waals surface area contributed by atoms with Crippen LogP contribution in [0.25, 0.3) is 0 Å². The lowest BCUT2D eigenvalue weighted by atomic mass is 9.95. The Morgan fingerprint density at radius 3 is 2.38 bits per heavy atom. The van der Waals surface area contributed by atoms with Crippen LogP contribution >= 0.6 is 11.6 Å². The van der Waals surface area contributed by atoms with E-state index in [0.29, 0.717) is 0 Å². The third kappa shape index (κ3) is 4.52. The molecule has 0 aromatic heterocycles. The second-order valence-corrected chi connectivity index (χ2v) is 5.20. The van der Waals surface area contributed by atoms with Crippen LogP contribution in [0, 0.1) is 0 Å². The summed E-state index contributed by atoms with van der Waals surface area (Å²) in [6.45, 7) is 4.10. The van der Waals surface area contributed by atoms with Crippen LogP contribution in [0.1, 0.15) is 25.8 Å². The summed E-state index contributed by atoms with van der Waals surface area (Å²) in [4.78, 5) is 0. The smallest absolute Gasteiger partial charge is 0.0637 e. The summed E-state index contributed by atoms with van der Waals surface area (Å²) < 4.78 is 5.36. The Morgan fingerprint density at radius 1 is 1.31 bits per heavy atom. The van der Waals surface area contributed by atoms with Gasteiger partial charge in [0.15, 0.2) is 0 Å². The average Bonchev–Trinajstić information content (AvgIpc) is 2.21. The number of halogens is 1. The van der Waals surface area contributed by atoms with Gasteiger partial charge in [0.1, 0.15) is 0 Å². The van der Waals surface area contributed by atoms with Gasteiger partial charge in [-0.05, 0) is 44.4 Å². The Balaban J connectivity index is 2.51. The van der Waals surface area contributed by atoms with Gasteiger partial charge in [-0.2, -0.15) is 0 Å². The van der Waals surface area contributed by atoms with E-state index in [9.17, 15) is 0 Å². The summed E-state index contributed by atoms with van der Waals surface area (Å²) in [6, 6.07) is 7.93. The van der Waals surface area contributed by atoms with Gasteiger partial charge in [-0.3, -0.25) is 0 Å². The van der Waals surface area contributed by atoms with Gasteiger partial charge in [0.05, 0.1) is 5.60 Å². The molecule has 0 spiro atoms. The Labute approximate surface area is 103 Å². The SMILES string of the molecule is COC(C)(C)CC(N)Cc1ccc(Cl)cc1. The first-order valence-electron chi connectivity index (χ1n) is 5.48. The Morgan fingerprint density at radius 2 is 1.88 bits per heavy atom. The lowest BCUT2D eigenvalue weighted by molar-refractivity contribution is 0.0102. The zero-order valence-electron chi connectivity index (χ0n) is 10.2. The van der Waals surface area contributed by atoms with Crippen molar-refractivity contribution in [3.8, 4) is 0 Å². The van der Waals surface area contributed by atoms with Gasteiger partial charge in [-0.1, -0.05) is 23.7 Å². The zero-order chi connectivity index (χ0) is 12.2. The van der Waals surface area contributed by atoms with Crippen molar-refractivity contribution in [2.75, 3.05) is 7.11 Å². The Hall–Kier alpha value is -0.570. The molecule has 2 N–H and O–H groups in total. The second-order valence-electron chi connectivity index (χ2n) is 4.76. The van der Waals surface area contributed by atoms with Crippen molar-refractivity contribution in [2.24, 2.45) is 5.73 Å². The molecule has 90 valence electrons. The highest BCUT2D eigenvalue weighted by Crippen LogP contribution is 2.17. The molecule has 0 bridgehead atoms. The van der Waals surface area contributed by atoms with Crippen LogP contribution in [0.3, 0.4) is 0 Å². The molecule has 0 aliphatic rings. The van der Waals surface area contributed by atoms with Crippen LogP contribution in [-0.4, -0.2) is 18.8 Å². The predicted octanol–water partition coefficient (Wildman–Crippen LogP) is 3.02. The molecule has 0 amide bonds. The molecule has 2 nitrogen and oxygen atoms in total. The Bertz CT molecular complexity index is 321. The number of ether oxygens (including phenoxy) is 1. The summed E-state index contributed by atoms with van der Waals surface area (Å²) in [7, 11) is 1.72. The maximum absolute atomic E-state index is 6.09. The standard InChI is InChI=1S/C13H20ClNO/c1-13(2,16-3)9-12(15)8-10-4-6-11(14)7-5-10/h4-7,12H,8-9,15H2,1-3H3. The molecule has 1 aromatic rings. The highest BCUT2D eigenvalue weighted by Gasteiger charge is 2.20. The van der Waals surface area contributed by atoms with E-state index in [1.165, 1.54) is 5.56 Å². The fourth-order valence-electron chi connectivity index (χ4n) is 1.71. The van der Waals surface area contributed by atoms with E-state index in [0.717, 1.165) is 17.9 Å². The van der Waals surface area contributed by atoms with Crippen LogP contribution in [0.5, 0.6) is 0 Å². The fourth-order valence-corrected chi connectivity index (χ4v) is 1.84. The molecule has 1 atom stereocenters. The average molecular weight is 242 g/mol. The monoisotopic (exact) mass is 241 g/mol. The molecular formula is C13H20ClNO. The quantitative estimate of drug-likeness (QED) is 0.860. The van der Waals surface area contributed by atoms with Crippen molar-refractivity contribution in [3.63, 3.8) is 0 Å². The molecule has 16 heavy (non-hydrogen) atoms. The maximum atomic E-state index is 6.09. The number of nitrogens with two attached hydrogens (primary N) is 1. The number of methoxy groups -OCH3 is 1. The van der Waals surface area contributed by atoms with Gasteiger partial charge in [0.25, 0.3) is 0 Å². The normalized spacial score (nSPS) is 13.8. The van der Waals surface area contributed by atoms with Crippen molar-refractivity contribution in [1.82, 2.24) is 0 Å². The molecule has 1 aromatic carbocycles. The van der Waals surface area contributed by atoms with Crippen molar-refractivity contribution >= 4 is 11.6 Å². The molecule has 0 saturated heterocycles. The minimum atomic E-state index is -0.161. The molecule has 0 radical (unpaired) electrons. The van der Waals surface area contributed by atoms with Crippen LogP contribution in [0.4, 0.5) is 0 Å². The predicted molar refractivity (Wildman–Crippen MR) is 68.8 cm³/mol. The van der Waals surface area contributed by atoms with E-state index in [2.05, 4.69) is 13.8 Å². The first-order chi connectivity index (χ1) is 7.43. The maximum Gasteiger partial charge on any atom is 0.0637 e. The van der Waals surface area contributed by atoms with Gasteiger partial charge in [0, 0.05) is 18.2 Å². The topological polar surface area (TPSA) is 35.2 Å². The fraction of sp³-hybridized carbons (Fsp3) is 0.538. The van der Waals surface area contributed by atoms with Crippen LogP contribution < -0.4 is 5.73 Å². The van der Waals surface area contributed by atoms with Crippen molar-refractivity contribution < 1.29 is 4.74 Å². The summed E-state index contributed by atoms with van der Waals surface area (Å²) in [6.07, 6.45) is 1.69. The highest BCUT2D eigenvalue weighted by molar-refractivity contribution is 6.30. The van der Waals surface area contributed by atoms with Crippen molar-refractivity contribution in [2.45, 2.75) is 38.3 Å². The molecule has 3 heteroatoms. The van der Waals surface area contributed by atoms with Gasteiger partial charge >= 0.3 is 0 Å². The lowest BCUT2D eigenvalue weighted by Gasteiger charge is -2.26. The van der Waals surface area contributed by atoms with Gasteiger partial charge in [0.2, 0.25) is 0 Å². The largest absolute Gasteiger partial charge is 0.379 e. The number of rotatable bonds is 5. The van der Waals surface area contributed by atoms with Crippen LogP contribution in [-0.2, 0) is 11.2 Å². The van der Waals surface area contributed by atoms with Gasteiger partial charge < -0.3 is 10.5 Å². The Kier molecular flexibility index (Phi) is 4.78. The highest BCUT2D eigenvalue weighted by atomic mass is 35.5. The third-order valence-electron chi connectivity index (χ3n) is 2.72. The van der Waals surface area contributed by atoms with E-state index >= 15 is 0 Å². The molecule has 1 unspecified atom stereocenters. The van der Waals surface area contributed by atoms with E-state index in [1.54, 1.807) is 7.11 Å². The van der Waals surface area contributed by atoms with E-state index in [4.69, 9.17) is 22.1 Å². The van der Waals surface area contributed by atoms with E-state index in [-0.39, 0.29) is 11.6 Å². The van der Waals surface area contributed by atoms with E-state index in [1.807, 2.05) is 24.3 Å². The minimum Gasteiger partial charge on any atom is -0.379 e. The number of hydrogen-bond acceptors (Lipinski definition) is 2. The first kappa shape index (κ1) is 13.5. The lowest BCUT2D eigenvalue weighted by Crippen LogP contribution is -2.35. The summed E-state index contributed by atoms with van der Waals surface area (Å²) >= 11 is 5.83. The van der Waals surface area contributed by atoms with Crippen LogP contribution in [0.15, 0.2) is 24.3 Å². The molecule has 0 aliphatic carbocycles. The van der Waals surface area contributed by atoms with E-state index < -0.39 is 0 Å². The molecule has 0 heterocycles. The summed E-state index contributed by atoms with van der Waals surface area (Å²) in [5, 5.41) is 0.759. The summed E-state index contributed by atoms with van der Waals surface area (Å²) in [5.41, 5.74) is 7.14. The summed E-state index contributed by atoms with van der Waals surface area (Å²) in [5.74, 6) is 0. The molecule has 0 saturated carbocycles. The second kappa shape index (κ2) is 5.67. The number of hydrogen-bond donors (Lipinski definition) is 1. The minimum absolute atomic E-state index is 0.108. The molecule has 0 fully saturated rings.